The van der Waals surface area contributed by atoms with Gasteiger partial charge >= 0.3 is 5.97 Å². The number of rotatable bonds is 8. The summed E-state index contributed by atoms with van der Waals surface area (Å²) in [6.45, 7) is -0.247. The molecule has 1 saturated carbocycles. The van der Waals surface area contributed by atoms with Crippen LogP contribution in [-0.2, 0) is 38.4 Å². The van der Waals surface area contributed by atoms with Gasteiger partial charge in [0.25, 0.3) is 11.8 Å². The van der Waals surface area contributed by atoms with Gasteiger partial charge in [0, 0.05) is 31.0 Å². The summed E-state index contributed by atoms with van der Waals surface area (Å²) in [6, 6.07) is 5.25. The number of unbranched alkanes of at least 4 members (excludes halogenated alkanes) is 1. The number of carbonyl (C=O) groups is 8. The number of primary amides is 1. The maximum atomic E-state index is 14.1. The average Bonchev–Trinajstić information content (AvgIpc) is 3.66. The van der Waals surface area contributed by atoms with Gasteiger partial charge in [0.1, 0.15) is 29.4 Å². The molecule has 2 heterocycles. The van der Waals surface area contributed by atoms with Gasteiger partial charge in [-0.25, -0.2) is 0 Å². The highest BCUT2D eigenvalue weighted by atomic mass is 33.1. The second kappa shape index (κ2) is 19.9. The minimum atomic E-state index is -1.98. The zero-order valence-electron chi connectivity index (χ0n) is 29.9. The molecule has 5 atom stereocenters. The molecule has 2 unspecified atom stereocenters. The van der Waals surface area contributed by atoms with Gasteiger partial charge in [0.15, 0.2) is 5.96 Å². The molecule has 19 nitrogen and oxygen atoms in total. The highest BCUT2D eigenvalue weighted by molar-refractivity contribution is 8.76. The van der Waals surface area contributed by atoms with Gasteiger partial charge in [-0.3, -0.25) is 43.3 Å². The Balaban J connectivity index is 1.63. The summed E-state index contributed by atoms with van der Waals surface area (Å²) < 4.78 is 0. The van der Waals surface area contributed by atoms with Crippen LogP contribution in [0.4, 0.5) is 0 Å². The Morgan fingerprint density at radius 1 is 0.982 bits per heavy atom. The number of carbonyl (C=O) groups excluding carboxylic acids is 7. The molecule has 3 fully saturated rings. The van der Waals surface area contributed by atoms with Crippen molar-refractivity contribution in [2.75, 3.05) is 31.1 Å². The van der Waals surface area contributed by atoms with E-state index in [9.17, 15) is 43.5 Å². The largest absolute Gasteiger partial charge is 0.481 e. The zero-order chi connectivity index (χ0) is 40.1. The molecule has 298 valence electrons. The molecule has 1 aromatic rings. The lowest BCUT2D eigenvalue weighted by atomic mass is 10.1. The van der Waals surface area contributed by atoms with Crippen molar-refractivity contribution in [1.29, 1.82) is 0 Å². The molecule has 4 rings (SSSR count). The fraction of sp³-hybridized carbons (Fsp3) is 0.500. The van der Waals surface area contributed by atoms with Crippen molar-refractivity contribution in [1.82, 2.24) is 31.5 Å². The van der Waals surface area contributed by atoms with Crippen LogP contribution in [-0.4, -0.2) is 118 Å². The molecule has 55 heavy (non-hydrogen) atoms. The van der Waals surface area contributed by atoms with E-state index < -0.39 is 83.4 Å². The monoisotopic (exact) mass is 802 g/mol. The summed E-state index contributed by atoms with van der Waals surface area (Å²) in [5, 5.41) is 22.6. The molecule has 0 aromatic heterocycles. The normalized spacial score (nSPS) is 26.8. The van der Waals surface area contributed by atoms with Crippen molar-refractivity contribution in [3.05, 3.63) is 41.6 Å². The summed E-state index contributed by atoms with van der Waals surface area (Å²) in [6.07, 6.45) is 2.78. The second-order valence-electron chi connectivity index (χ2n) is 13.2. The van der Waals surface area contributed by atoms with Crippen molar-refractivity contribution in [3.63, 3.8) is 0 Å². The lowest BCUT2D eigenvalue weighted by molar-refractivity contribution is -0.141. The average molecular weight is 803 g/mol. The lowest BCUT2D eigenvalue weighted by Gasteiger charge is -2.27. The van der Waals surface area contributed by atoms with Crippen LogP contribution in [0.2, 0.25) is 0 Å². The highest BCUT2D eigenvalue weighted by Gasteiger charge is 2.65. The number of nitrogens with one attached hydrogen (secondary N) is 5. The maximum absolute atomic E-state index is 14.1. The standard InChI is InChI=1S/C34H46N10O9S2/c35-27(47)23-18-55-54-14-11-25(45)40-21(9-4-5-12-38-33(36)37)28(48)39-17-26(46)43-34(16-20(34)31(51)52)32(53)42-22(15-19-7-2-1-3-8-19)30(50)44-13-6-10-24(44)29(49)41-23/h1-3,7-8,15,20-21,23-24H,4-6,9-14,16-18H2,(H2,35,47)(H,39,48)(H,40,45)(H,41,49)(H,42,53)(H,43,46)(H,51,52)(H4,36,37,38)/b22-15+/t20?,21-,23-,24-,34?/m0/s1. The second-order valence-corrected chi connectivity index (χ2v) is 15.8. The minimum Gasteiger partial charge on any atom is -0.481 e. The van der Waals surface area contributed by atoms with Crippen LogP contribution in [0.3, 0.4) is 0 Å². The molecular formula is C34H46N10O9S2. The van der Waals surface area contributed by atoms with Gasteiger partial charge in [-0.05, 0) is 50.2 Å². The first-order valence-corrected chi connectivity index (χ1v) is 20.1. The number of nitrogens with zero attached hydrogens (tertiary/aromatic N) is 2. The molecule has 1 spiro atoms. The van der Waals surface area contributed by atoms with Gasteiger partial charge in [-0.1, -0.05) is 51.9 Å². The fourth-order valence-electron chi connectivity index (χ4n) is 6.10. The minimum absolute atomic E-state index is 0.0181. The van der Waals surface area contributed by atoms with Crippen LogP contribution in [0.25, 0.3) is 6.08 Å². The third-order valence-electron chi connectivity index (χ3n) is 9.09. The molecule has 1 aromatic carbocycles. The number of amides is 7. The van der Waals surface area contributed by atoms with Gasteiger partial charge in [0.2, 0.25) is 29.5 Å². The SMILES string of the molecule is NC(=O)[C@@H]1CSSCCC(=O)N[C@@H](CCCCN=C(N)N)C(=O)NCC(=O)NC2(CC2C(=O)O)C(=O)N/C(=C/c2ccccc2)C(=O)N2CCC[C@H]2C(=O)N1. The quantitative estimate of drug-likeness (QED) is 0.0448. The predicted octanol–water partition coefficient (Wildman–Crippen LogP) is -2.11. The first-order chi connectivity index (χ1) is 26.2. The summed E-state index contributed by atoms with van der Waals surface area (Å²) in [5.74, 6) is -7.77. The Kier molecular flexibility index (Phi) is 15.3. The number of benzene rings is 1. The number of fused-ring (bicyclic) bond motifs is 1. The van der Waals surface area contributed by atoms with E-state index in [1.165, 1.54) is 32.6 Å². The number of carboxylic acids is 1. The molecule has 0 radical (unpaired) electrons. The number of hydrogen-bond donors (Lipinski definition) is 9. The van der Waals surface area contributed by atoms with Gasteiger partial charge in [-0.15, -0.1) is 0 Å². The molecule has 2 aliphatic heterocycles. The summed E-state index contributed by atoms with van der Waals surface area (Å²) >= 11 is 0. The van der Waals surface area contributed by atoms with E-state index in [0.29, 0.717) is 24.8 Å². The van der Waals surface area contributed by atoms with Crippen LogP contribution in [0.5, 0.6) is 0 Å². The van der Waals surface area contributed by atoms with Crippen molar-refractivity contribution in [2.24, 2.45) is 28.1 Å². The van der Waals surface area contributed by atoms with E-state index in [4.69, 9.17) is 17.2 Å². The topological polar surface area (TPSA) is 311 Å². The summed E-state index contributed by atoms with van der Waals surface area (Å²) in [7, 11) is 2.44. The zero-order valence-corrected chi connectivity index (χ0v) is 31.5. The van der Waals surface area contributed by atoms with Gasteiger partial charge in [-0.2, -0.15) is 0 Å². The number of nitrogens with two attached hydrogens (primary N) is 3. The molecule has 0 bridgehead atoms. The Morgan fingerprint density at radius 2 is 1.73 bits per heavy atom. The first-order valence-electron chi connectivity index (χ1n) is 17.6. The van der Waals surface area contributed by atoms with E-state index in [1.807, 2.05) is 0 Å². The number of aliphatic imine (C=N–C) groups is 1. The predicted molar refractivity (Wildman–Crippen MR) is 204 cm³/mol. The number of guanidine groups is 1. The third-order valence-corrected chi connectivity index (χ3v) is 11.5. The summed E-state index contributed by atoms with van der Waals surface area (Å²) in [5.41, 5.74) is 14.6. The van der Waals surface area contributed by atoms with Crippen molar-refractivity contribution >= 4 is 80.9 Å². The Labute approximate surface area is 324 Å². The van der Waals surface area contributed by atoms with Crippen molar-refractivity contribution in [2.45, 2.75) is 68.6 Å². The maximum Gasteiger partial charge on any atom is 0.309 e. The van der Waals surface area contributed by atoms with E-state index in [-0.39, 0.29) is 61.9 Å². The van der Waals surface area contributed by atoms with E-state index in [1.54, 1.807) is 30.3 Å². The number of carboxylic acid groups (broad SMARTS) is 1. The third kappa shape index (κ3) is 12.1. The number of aliphatic carboxylic acids is 1. The summed E-state index contributed by atoms with van der Waals surface area (Å²) in [4.78, 5) is 111. The molecule has 2 saturated heterocycles. The van der Waals surface area contributed by atoms with Crippen LogP contribution >= 0.6 is 21.6 Å². The van der Waals surface area contributed by atoms with Crippen molar-refractivity contribution < 1.29 is 43.5 Å². The van der Waals surface area contributed by atoms with Gasteiger partial charge in [0.05, 0.1) is 12.5 Å². The van der Waals surface area contributed by atoms with Gasteiger partial charge < -0.3 is 53.8 Å². The Hall–Kier alpha value is -5.31. The Bertz CT molecular complexity index is 1710. The van der Waals surface area contributed by atoms with Crippen LogP contribution in [0, 0.1) is 5.92 Å². The molecule has 7 amide bonds. The van der Waals surface area contributed by atoms with E-state index in [0.717, 1.165) is 0 Å². The first kappa shape index (κ1) is 42.4. The molecular weight excluding hydrogens is 757 g/mol. The smallest absolute Gasteiger partial charge is 0.309 e. The van der Waals surface area contributed by atoms with Crippen LogP contribution < -0.4 is 43.8 Å². The molecule has 21 heteroatoms. The molecule has 1 aliphatic carbocycles. The lowest BCUT2D eigenvalue weighted by Crippen LogP contribution is -2.56. The van der Waals surface area contributed by atoms with Crippen molar-refractivity contribution in [3.8, 4) is 0 Å². The fourth-order valence-corrected chi connectivity index (χ4v) is 8.27. The van der Waals surface area contributed by atoms with Crippen LogP contribution in [0.15, 0.2) is 41.0 Å². The van der Waals surface area contributed by atoms with E-state index in [2.05, 4.69) is 31.6 Å². The highest BCUT2D eigenvalue weighted by Crippen LogP contribution is 2.44. The van der Waals surface area contributed by atoms with Crippen LogP contribution in [0.1, 0.15) is 50.5 Å². The van der Waals surface area contributed by atoms with E-state index >= 15 is 0 Å². The Morgan fingerprint density at radius 3 is 2.40 bits per heavy atom. The number of hydrogen-bond acceptors (Lipinski definition) is 11. The molecule has 3 aliphatic rings. The molecule has 12 N–H and O–H groups in total.